The summed E-state index contributed by atoms with van der Waals surface area (Å²) < 4.78 is 10.5. The first kappa shape index (κ1) is 16.6. The van der Waals surface area contributed by atoms with Crippen LogP contribution in [0.1, 0.15) is 31.2 Å². The lowest BCUT2D eigenvalue weighted by atomic mass is 10.0. The van der Waals surface area contributed by atoms with E-state index < -0.39 is 0 Å². The number of carbonyl (C=O) groups is 1. The Labute approximate surface area is 132 Å². The Hall–Kier alpha value is -1.75. The minimum atomic E-state index is 0.192. The fraction of sp³-hybridized carbons (Fsp3) is 0.588. The van der Waals surface area contributed by atoms with Gasteiger partial charge in [-0.3, -0.25) is 4.79 Å². The Morgan fingerprint density at radius 2 is 1.91 bits per heavy atom. The van der Waals surface area contributed by atoms with Gasteiger partial charge in [-0.25, -0.2) is 0 Å². The van der Waals surface area contributed by atoms with Crippen LogP contribution in [0.3, 0.4) is 0 Å². The summed E-state index contributed by atoms with van der Waals surface area (Å²) in [5.74, 6) is 1.69. The molecule has 1 aromatic rings. The van der Waals surface area contributed by atoms with E-state index in [2.05, 4.69) is 0 Å². The summed E-state index contributed by atoms with van der Waals surface area (Å²) in [5.41, 5.74) is 6.83. The van der Waals surface area contributed by atoms with E-state index >= 15 is 0 Å². The first-order valence-electron chi connectivity index (χ1n) is 7.89. The number of piperidine rings is 1. The largest absolute Gasteiger partial charge is 0.497 e. The van der Waals surface area contributed by atoms with Crippen molar-refractivity contribution in [2.24, 2.45) is 5.73 Å². The van der Waals surface area contributed by atoms with Gasteiger partial charge in [-0.15, -0.1) is 0 Å². The van der Waals surface area contributed by atoms with Crippen LogP contribution in [0.5, 0.6) is 11.5 Å². The topological polar surface area (TPSA) is 64.8 Å². The summed E-state index contributed by atoms with van der Waals surface area (Å²) in [7, 11) is 3.26. The fourth-order valence-corrected chi connectivity index (χ4v) is 2.98. The minimum Gasteiger partial charge on any atom is -0.497 e. The molecular formula is C17H26N2O3. The third-order valence-corrected chi connectivity index (χ3v) is 4.26. The van der Waals surface area contributed by atoms with Crippen LogP contribution in [-0.4, -0.2) is 44.2 Å². The van der Waals surface area contributed by atoms with Gasteiger partial charge in [-0.05, 0) is 43.4 Å². The average Bonchev–Trinajstić information content (AvgIpc) is 2.59. The SMILES string of the molecule is COc1cc(CCC(=O)N2CCCCC2CN)cc(OC)c1. The van der Waals surface area contributed by atoms with Gasteiger partial charge in [-0.2, -0.15) is 0 Å². The van der Waals surface area contributed by atoms with E-state index in [9.17, 15) is 4.79 Å². The molecule has 0 radical (unpaired) electrons. The van der Waals surface area contributed by atoms with Crippen molar-refractivity contribution in [1.29, 1.82) is 0 Å². The molecule has 0 aliphatic carbocycles. The van der Waals surface area contributed by atoms with Crippen molar-refractivity contribution in [2.75, 3.05) is 27.3 Å². The van der Waals surface area contributed by atoms with Crippen LogP contribution < -0.4 is 15.2 Å². The van der Waals surface area contributed by atoms with E-state index in [1.807, 2.05) is 23.1 Å². The highest BCUT2D eigenvalue weighted by molar-refractivity contribution is 5.77. The summed E-state index contributed by atoms with van der Waals surface area (Å²) in [4.78, 5) is 14.4. The van der Waals surface area contributed by atoms with Gasteiger partial charge in [-0.1, -0.05) is 0 Å². The molecule has 1 saturated heterocycles. The van der Waals surface area contributed by atoms with E-state index in [0.29, 0.717) is 19.4 Å². The molecule has 2 rings (SSSR count). The lowest BCUT2D eigenvalue weighted by Gasteiger charge is -2.35. The van der Waals surface area contributed by atoms with Crippen molar-refractivity contribution < 1.29 is 14.3 Å². The first-order valence-corrected chi connectivity index (χ1v) is 7.89. The van der Waals surface area contributed by atoms with Crippen molar-refractivity contribution in [3.63, 3.8) is 0 Å². The summed E-state index contributed by atoms with van der Waals surface area (Å²) in [5, 5.41) is 0. The maximum absolute atomic E-state index is 12.5. The van der Waals surface area contributed by atoms with E-state index in [1.54, 1.807) is 14.2 Å². The predicted molar refractivity (Wildman–Crippen MR) is 86.3 cm³/mol. The average molecular weight is 306 g/mol. The molecule has 1 aromatic carbocycles. The number of nitrogens with two attached hydrogens (primary N) is 1. The molecule has 1 heterocycles. The molecule has 0 saturated carbocycles. The molecule has 122 valence electrons. The second-order valence-electron chi connectivity index (χ2n) is 5.69. The third kappa shape index (κ3) is 4.13. The zero-order chi connectivity index (χ0) is 15.9. The van der Waals surface area contributed by atoms with Gasteiger partial charge in [0.2, 0.25) is 5.91 Å². The molecule has 5 heteroatoms. The van der Waals surface area contributed by atoms with Crippen LogP contribution in [0.4, 0.5) is 0 Å². The van der Waals surface area contributed by atoms with Crippen LogP contribution in [0.2, 0.25) is 0 Å². The molecule has 1 aliphatic rings. The Balaban J connectivity index is 1.98. The fourth-order valence-electron chi connectivity index (χ4n) is 2.98. The highest BCUT2D eigenvalue weighted by Gasteiger charge is 2.25. The van der Waals surface area contributed by atoms with Crippen LogP contribution in [0.25, 0.3) is 0 Å². The molecule has 1 fully saturated rings. The lowest BCUT2D eigenvalue weighted by Crippen LogP contribution is -2.47. The van der Waals surface area contributed by atoms with Crippen LogP contribution in [0.15, 0.2) is 18.2 Å². The standard InChI is InChI=1S/C17H26N2O3/c1-21-15-9-13(10-16(11-15)22-2)6-7-17(20)19-8-4-3-5-14(19)12-18/h9-11,14H,3-8,12,18H2,1-2H3. The van der Waals surface area contributed by atoms with Crippen molar-refractivity contribution in [3.05, 3.63) is 23.8 Å². The maximum Gasteiger partial charge on any atom is 0.223 e. The van der Waals surface area contributed by atoms with Crippen molar-refractivity contribution >= 4 is 5.91 Å². The zero-order valence-electron chi connectivity index (χ0n) is 13.5. The molecule has 5 nitrogen and oxygen atoms in total. The summed E-state index contributed by atoms with van der Waals surface area (Å²) in [6.07, 6.45) is 4.44. The number of aryl methyl sites for hydroxylation is 1. The van der Waals surface area contributed by atoms with Crippen molar-refractivity contribution in [2.45, 2.75) is 38.1 Å². The Bertz CT molecular complexity index is 482. The highest BCUT2D eigenvalue weighted by Crippen LogP contribution is 2.24. The number of hydrogen-bond acceptors (Lipinski definition) is 4. The second-order valence-corrected chi connectivity index (χ2v) is 5.69. The number of amides is 1. The molecule has 0 bridgehead atoms. The molecule has 1 amide bonds. The Kier molecular flexibility index (Phi) is 6.07. The third-order valence-electron chi connectivity index (χ3n) is 4.26. The molecule has 0 spiro atoms. The molecule has 2 N–H and O–H groups in total. The number of benzene rings is 1. The van der Waals surface area contributed by atoms with Gasteiger partial charge in [0.15, 0.2) is 0 Å². The van der Waals surface area contributed by atoms with Gasteiger partial charge in [0.1, 0.15) is 11.5 Å². The van der Waals surface area contributed by atoms with Gasteiger partial charge in [0.05, 0.1) is 14.2 Å². The number of nitrogens with zero attached hydrogens (tertiary/aromatic N) is 1. The summed E-state index contributed by atoms with van der Waals surface area (Å²) >= 11 is 0. The number of hydrogen-bond donors (Lipinski definition) is 1. The van der Waals surface area contributed by atoms with Gasteiger partial charge < -0.3 is 20.1 Å². The summed E-state index contributed by atoms with van der Waals surface area (Å²) in [6, 6.07) is 5.94. The molecule has 0 aromatic heterocycles. The van der Waals surface area contributed by atoms with Gasteiger partial charge >= 0.3 is 0 Å². The normalized spacial score (nSPS) is 18.1. The molecule has 1 aliphatic heterocycles. The van der Waals surface area contributed by atoms with Gasteiger partial charge in [0.25, 0.3) is 0 Å². The highest BCUT2D eigenvalue weighted by atomic mass is 16.5. The number of ether oxygens (including phenoxy) is 2. The van der Waals surface area contributed by atoms with Gasteiger partial charge in [0, 0.05) is 31.6 Å². The van der Waals surface area contributed by atoms with E-state index in [-0.39, 0.29) is 11.9 Å². The smallest absolute Gasteiger partial charge is 0.223 e. The molecular weight excluding hydrogens is 280 g/mol. The first-order chi connectivity index (χ1) is 10.7. The summed E-state index contributed by atoms with van der Waals surface area (Å²) in [6.45, 7) is 1.39. The lowest BCUT2D eigenvalue weighted by molar-refractivity contribution is -0.134. The van der Waals surface area contributed by atoms with Crippen molar-refractivity contribution in [1.82, 2.24) is 4.90 Å². The second kappa shape index (κ2) is 8.03. The molecule has 22 heavy (non-hydrogen) atoms. The van der Waals surface area contributed by atoms with Crippen LogP contribution >= 0.6 is 0 Å². The number of methoxy groups -OCH3 is 2. The monoisotopic (exact) mass is 306 g/mol. The van der Waals surface area contributed by atoms with E-state index in [0.717, 1.165) is 36.4 Å². The van der Waals surface area contributed by atoms with Crippen molar-refractivity contribution in [3.8, 4) is 11.5 Å². The van der Waals surface area contributed by atoms with E-state index in [1.165, 1.54) is 6.42 Å². The molecule has 1 unspecified atom stereocenters. The number of rotatable bonds is 6. The van der Waals surface area contributed by atoms with Crippen LogP contribution in [0, 0.1) is 0 Å². The molecule has 1 atom stereocenters. The quantitative estimate of drug-likeness (QED) is 0.873. The minimum absolute atomic E-state index is 0.192. The number of carbonyl (C=O) groups excluding carboxylic acids is 1. The maximum atomic E-state index is 12.5. The van der Waals surface area contributed by atoms with E-state index in [4.69, 9.17) is 15.2 Å². The Morgan fingerprint density at radius 1 is 1.23 bits per heavy atom. The predicted octanol–water partition coefficient (Wildman–Crippen LogP) is 1.98. The Morgan fingerprint density at radius 3 is 2.50 bits per heavy atom. The number of likely N-dealkylation sites (tertiary alicyclic amines) is 1. The van der Waals surface area contributed by atoms with Crippen LogP contribution in [-0.2, 0) is 11.2 Å². The zero-order valence-corrected chi connectivity index (χ0v) is 13.5.